The highest BCUT2D eigenvalue weighted by atomic mass is 32.1. The Morgan fingerprint density at radius 2 is 2.10 bits per heavy atom. The van der Waals surface area contributed by atoms with Crippen LogP contribution in [0, 0.1) is 23.0 Å². The number of hydrogen-bond donors (Lipinski definition) is 2. The fourth-order valence-corrected chi connectivity index (χ4v) is 2.89. The SMILES string of the molecule is CC1CC(C(=O)NCc2ccc(F)c(F)c2)(C(N)=S)C1. The van der Waals surface area contributed by atoms with E-state index >= 15 is 0 Å². The van der Waals surface area contributed by atoms with Crippen molar-refractivity contribution in [1.82, 2.24) is 5.32 Å². The first kappa shape index (κ1) is 14.8. The molecule has 108 valence electrons. The van der Waals surface area contributed by atoms with Crippen LogP contribution in [0.3, 0.4) is 0 Å². The lowest BCUT2D eigenvalue weighted by Crippen LogP contribution is -2.55. The van der Waals surface area contributed by atoms with Gasteiger partial charge in [-0.2, -0.15) is 0 Å². The molecular weight excluding hydrogens is 282 g/mol. The highest BCUT2D eigenvalue weighted by molar-refractivity contribution is 7.80. The van der Waals surface area contributed by atoms with E-state index in [1.54, 1.807) is 0 Å². The second kappa shape index (κ2) is 5.44. The lowest BCUT2D eigenvalue weighted by Gasteiger charge is -2.44. The van der Waals surface area contributed by atoms with Gasteiger partial charge in [-0.15, -0.1) is 0 Å². The van der Waals surface area contributed by atoms with Crippen LogP contribution in [-0.4, -0.2) is 10.9 Å². The number of benzene rings is 1. The van der Waals surface area contributed by atoms with E-state index in [1.165, 1.54) is 6.07 Å². The number of hydrogen-bond acceptors (Lipinski definition) is 2. The van der Waals surface area contributed by atoms with Gasteiger partial charge in [0.1, 0.15) is 0 Å². The molecule has 20 heavy (non-hydrogen) atoms. The number of rotatable bonds is 4. The number of carbonyl (C=O) groups excluding carboxylic acids is 1. The molecule has 1 aromatic carbocycles. The van der Waals surface area contributed by atoms with Crippen LogP contribution in [0.25, 0.3) is 0 Å². The van der Waals surface area contributed by atoms with Crippen molar-refractivity contribution < 1.29 is 13.6 Å². The summed E-state index contributed by atoms with van der Waals surface area (Å²) in [6.45, 7) is 2.15. The lowest BCUT2D eigenvalue weighted by atomic mass is 9.62. The maximum Gasteiger partial charge on any atom is 0.233 e. The van der Waals surface area contributed by atoms with Crippen molar-refractivity contribution in [1.29, 1.82) is 0 Å². The predicted molar refractivity (Wildman–Crippen MR) is 75.8 cm³/mol. The topological polar surface area (TPSA) is 55.1 Å². The monoisotopic (exact) mass is 298 g/mol. The van der Waals surface area contributed by atoms with Crippen LogP contribution in [-0.2, 0) is 11.3 Å². The number of amides is 1. The summed E-state index contributed by atoms with van der Waals surface area (Å²) < 4.78 is 25.9. The number of halogens is 2. The van der Waals surface area contributed by atoms with Gasteiger partial charge in [-0.25, -0.2) is 8.78 Å². The van der Waals surface area contributed by atoms with Gasteiger partial charge in [-0.1, -0.05) is 25.2 Å². The van der Waals surface area contributed by atoms with Gasteiger partial charge in [0.2, 0.25) is 5.91 Å². The summed E-state index contributed by atoms with van der Waals surface area (Å²) in [5.74, 6) is -1.68. The van der Waals surface area contributed by atoms with Crippen LogP contribution in [0.15, 0.2) is 18.2 Å². The van der Waals surface area contributed by atoms with Crippen molar-refractivity contribution >= 4 is 23.1 Å². The molecule has 6 heteroatoms. The van der Waals surface area contributed by atoms with Crippen LogP contribution in [0.1, 0.15) is 25.3 Å². The summed E-state index contributed by atoms with van der Waals surface area (Å²) in [5.41, 5.74) is 5.37. The third-order valence-electron chi connectivity index (χ3n) is 3.74. The van der Waals surface area contributed by atoms with E-state index in [-0.39, 0.29) is 17.4 Å². The van der Waals surface area contributed by atoms with Crippen molar-refractivity contribution in [3.05, 3.63) is 35.4 Å². The highest BCUT2D eigenvalue weighted by Gasteiger charge is 2.50. The Morgan fingerprint density at radius 3 is 2.60 bits per heavy atom. The fraction of sp³-hybridized carbons (Fsp3) is 0.429. The summed E-state index contributed by atoms with van der Waals surface area (Å²) in [6.07, 6.45) is 1.26. The maximum atomic E-state index is 13.1. The second-order valence-corrected chi connectivity index (χ2v) is 5.83. The summed E-state index contributed by atoms with van der Waals surface area (Å²) in [5, 5.41) is 2.69. The molecule has 0 unspecified atom stereocenters. The van der Waals surface area contributed by atoms with Crippen molar-refractivity contribution in [2.24, 2.45) is 17.1 Å². The van der Waals surface area contributed by atoms with E-state index in [2.05, 4.69) is 5.32 Å². The molecule has 0 heterocycles. The Bertz CT molecular complexity index is 556. The van der Waals surface area contributed by atoms with Crippen LogP contribution in [0.5, 0.6) is 0 Å². The van der Waals surface area contributed by atoms with Gasteiger partial charge in [-0.3, -0.25) is 4.79 Å². The van der Waals surface area contributed by atoms with E-state index in [0.717, 1.165) is 12.1 Å². The Balaban J connectivity index is 2.01. The smallest absolute Gasteiger partial charge is 0.233 e. The first-order valence-electron chi connectivity index (χ1n) is 6.37. The minimum Gasteiger partial charge on any atom is -0.392 e. The lowest BCUT2D eigenvalue weighted by molar-refractivity contribution is -0.133. The van der Waals surface area contributed by atoms with Crippen molar-refractivity contribution in [2.75, 3.05) is 0 Å². The zero-order valence-corrected chi connectivity index (χ0v) is 11.9. The third kappa shape index (κ3) is 2.65. The molecule has 0 atom stereocenters. The summed E-state index contributed by atoms with van der Waals surface area (Å²) in [6, 6.07) is 3.52. The van der Waals surface area contributed by atoms with Gasteiger partial charge in [0.25, 0.3) is 0 Å². The first-order chi connectivity index (χ1) is 9.35. The van der Waals surface area contributed by atoms with Crippen molar-refractivity contribution in [3.63, 3.8) is 0 Å². The molecule has 0 saturated heterocycles. The molecule has 1 aliphatic carbocycles. The zero-order valence-electron chi connectivity index (χ0n) is 11.1. The van der Waals surface area contributed by atoms with E-state index < -0.39 is 17.0 Å². The van der Waals surface area contributed by atoms with Crippen LogP contribution in [0.2, 0.25) is 0 Å². The number of nitrogens with one attached hydrogen (secondary N) is 1. The Morgan fingerprint density at radius 1 is 1.45 bits per heavy atom. The molecule has 2 rings (SSSR count). The number of nitrogens with two attached hydrogens (primary N) is 1. The van der Waals surface area contributed by atoms with Gasteiger partial charge in [0, 0.05) is 6.54 Å². The van der Waals surface area contributed by atoms with Crippen LogP contribution >= 0.6 is 12.2 Å². The summed E-state index contributed by atoms with van der Waals surface area (Å²) in [4.78, 5) is 12.4. The van der Waals surface area contributed by atoms with Crippen LogP contribution < -0.4 is 11.1 Å². The Labute approximate surface area is 121 Å². The van der Waals surface area contributed by atoms with Gasteiger partial charge >= 0.3 is 0 Å². The molecule has 1 amide bonds. The molecule has 0 spiro atoms. The second-order valence-electron chi connectivity index (χ2n) is 5.39. The first-order valence-corrected chi connectivity index (χ1v) is 6.78. The zero-order chi connectivity index (χ0) is 14.9. The molecule has 1 aliphatic rings. The van der Waals surface area contributed by atoms with Crippen molar-refractivity contribution in [3.8, 4) is 0 Å². The summed E-state index contributed by atoms with van der Waals surface area (Å²) in [7, 11) is 0. The van der Waals surface area contributed by atoms with Crippen LogP contribution in [0.4, 0.5) is 8.78 Å². The highest BCUT2D eigenvalue weighted by Crippen LogP contribution is 2.45. The maximum absolute atomic E-state index is 13.1. The van der Waals surface area contributed by atoms with Gasteiger partial charge in [0.15, 0.2) is 11.6 Å². The molecule has 0 bridgehead atoms. The standard InChI is InChI=1S/C14H16F2N2OS/c1-8-5-14(6-8,12(17)20)13(19)18-7-9-2-3-10(15)11(16)4-9/h2-4,8H,5-7H2,1H3,(H2,17,20)(H,18,19). The van der Waals surface area contributed by atoms with E-state index in [1.807, 2.05) is 6.92 Å². The summed E-state index contributed by atoms with van der Waals surface area (Å²) >= 11 is 4.99. The van der Waals surface area contributed by atoms with Gasteiger partial charge in [-0.05, 0) is 36.5 Å². The molecule has 3 N–H and O–H groups in total. The molecule has 0 aliphatic heterocycles. The largest absolute Gasteiger partial charge is 0.392 e. The third-order valence-corrected chi connectivity index (χ3v) is 4.13. The molecule has 0 aromatic heterocycles. The van der Waals surface area contributed by atoms with Crippen molar-refractivity contribution in [2.45, 2.75) is 26.3 Å². The minimum absolute atomic E-state index is 0.120. The number of carbonyl (C=O) groups is 1. The quantitative estimate of drug-likeness (QED) is 0.839. The average molecular weight is 298 g/mol. The fourth-order valence-electron chi connectivity index (χ4n) is 2.63. The van der Waals surface area contributed by atoms with E-state index in [0.29, 0.717) is 24.3 Å². The predicted octanol–water partition coefficient (Wildman–Crippen LogP) is 2.28. The molecule has 1 saturated carbocycles. The minimum atomic E-state index is -0.932. The van der Waals surface area contributed by atoms with Gasteiger partial charge in [0.05, 0.1) is 10.4 Å². The van der Waals surface area contributed by atoms with E-state index in [9.17, 15) is 13.6 Å². The Hall–Kier alpha value is -1.56. The van der Waals surface area contributed by atoms with Gasteiger partial charge < -0.3 is 11.1 Å². The molecule has 1 aromatic rings. The molecular formula is C14H16F2N2OS. The molecule has 1 fully saturated rings. The molecule has 3 nitrogen and oxygen atoms in total. The average Bonchev–Trinajstić information content (AvgIpc) is 2.35. The number of thiocarbonyl (C=S) groups is 1. The normalized spacial score (nSPS) is 24.9. The Kier molecular flexibility index (Phi) is 4.04. The van der Waals surface area contributed by atoms with E-state index in [4.69, 9.17) is 18.0 Å². The molecule has 0 radical (unpaired) electrons.